The number of hydrogen-bond acceptors (Lipinski definition) is 0. The summed E-state index contributed by atoms with van der Waals surface area (Å²) in [5.74, 6) is -1.08. The Morgan fingerprint density at radius 1 is 1.08 bits per heavy atom. The van der Waals surface area contributed by atoms with Gasteiger partial charge in [0.1, 0.15) is 0 Å². The van der Waals surface area contributed by atoms with Crippen molar-refractivity contribution < 1.29 is 13.2 Å². The summed E-state index contributed by atoms with van der Waals surface area (Å²) in [5, 5.41) is 0. The molecule has 0 spiro atoms. The Morgan fingerprint density at radius 3 is 2.00 bits per heavy atom. The molecule has 1 unspecified atom stereocenters. The first-order valence-electron chi connectivity index (χ1n) is 4.59. The van der Waals surface area contributed by atoms with Crippen LogP contribution < -0.4 is 0 Å². The highest BCUT2D eigenvalue weighted by Crippen LogP contribution is 2.32. The van der Waals surface area contributed by atoms with Crippen LogP contribution in [0, 0.1) is 5.92 Å². The highest BCUT2D eigenvalue weighted by atomic mass is 19.4. The summed E-state index contributed by atoms with van der Waals surface area (Å²) in [6.07, 6.45) is -0.876. The molecular weight excluding hydrogens is 165 g/mol. The molecule has 0 saturated heterocycles. The Morgan fingerprint density at radius 2 is 1.67 bits per heavy atom. The third-order valence-electron chi connectivity index (χ3n) is 2.11. The third kappa shape index (κ3) is 4.62. The van der Waals surface area contributed by atoms with E-state index in [1.165, 1.54) is 0 Å². The van der Waals surface area contributed by atoms with Crippen molar-refractivity contribution in [2.45, 2.75) is 52.1 Å². The van der Waals surface area contributed by atoms with E-state index in [1.54, 1.807) is 6.92 Å². The molecule has 0 radical (unpaired) electrons. The summed E-state index contributed by atoms with van der Waals surface area (Å²) in [7, 11) is 0. The van der Waals surface area contributed by atoms with Gasteiger partial charge >= 0.3 is 6.18 Å². The highest BCUT2D eigenvalue weighted by molar-refractivity contribution is 4.65. The summed E-state index contributed by atoms with van der Waals surface area (Å²) in [6.45, 7) is 3.60. The molecule has 0 fully saturated rings. The molecule has 0 saturated carbocycles. The van der Waals surface area contributed by atoms with Crippen LogP contribution in [0.4, 0.5) is 13.2 Å². The van der Waals surface area contributed by atoms with Crippen molar-refractivity contribution in [3.8, 4) is 0 Å². The van der Waals surface area contributed by atoms with Gasteiger partial charge in [-0.05, 0) is 12.8 Å². The van der Waals surface area contributed by atoms with Crippen molar-refractivity contribution in [3.05, 3.63) is 0 Å². The second-order valence-electron chi connectivity index (χ2n) is 3.14. The lowest BCUT2D eigenvalue weighted by Crippen LogP contribution is -2.21. The lowest BCUT2D eigenvalue weighted by molar-refractivity contribution is -0.177. The predicted molar refractivity (Wildman–Crippen MR) is 44.0 cm³/mol. The molecule has 74 valence electrons. The lowest BCUT2D eigenvalue weighted by Gasteiger charge is -2.17. The largest absolute Gasteiger partial charge is 0.391 e. The number of unbranched alkanes of at least 4 members (excludes halogenated alkanes) is 2. The van der Waals surface area contributed by atoms with E-state index in [1.807, 2.05) is 6.92 Å². The zero-order valence-corrected chi connectivity index (χ0v) is 7.75. The van der Waals surface area contributed by atoms with Crippen LogP contribution in [0.3, 0.4) is 0 Å². The minimum absolute atomic E-state index is 0.215. The van der Waals surface area contributed by atoms with Gasteiger partial charge in [0, 0.05) is 0 Å². The topological polar surface area (TPSA) is 0 Å². The Labute approximate surface area is 72.2 Å². The minimum Gasteiger partial charge on any atom is -0.171 e. The maximum absolute atomic E-state index is 12.1. The fraction of sp³-hybridized carbons (Fsp3) is 1.00. The zero-order chi connectivity index (χ0) is 9.61. The molecule has 0 aromatic rings. The van der Waals surface area contributed by atoms with Crippen molar-refractivity contribution in [2.24, 2.45) is 5.92 Å². The molecule has 0 heterocycles. The van der Waals surface area contributed by atoms with Crippen LogP contribution >= 0.6 is 0 Å². The van der Waals surface area contributed by atoms with E-state index in [4.69, 9.17) is 0 Å². The van der Waals surface area contributed by atoms with Gasteiger partial charge in [-0.3, -0.25) is 0 Å². The van der Waals surface area contributed by atoms with Gasteiger partial charge in [0.2, 0.25) is 0 Å². The van der Waals surface area contributed by atoms with Gasteiger partial charge in [0.25, 0.3) is 0 Å². The molecule has 0 aromatic heterocycles. The molecule has 1 atom stereocenters. The van der Waals surface area contributed by atoms with Crippen molar-refractivity contribution >= 4 is 0 Å². The molecule has 0 aromatic carbocycles. The van der Waals surface area contributed by atoms with E-state index < -0.39 is 12.1 Å². The van der Waals surface area contributed by atoms with E-state index in [-0.39, 0.29) is 6.42 Å². The van der Waals surface area contributed by atoms with Gasteiger partial charge in [-0.25, -0.2) is 0 Å². The molecule has 0 bridgehead atoms. The Bertz CT molecular complexity index is 107. The van der Waals surface area contributed by atoms with E-state index in [2.05, 4.69) is 0 Å². The quantitative estimate of drug-likeness (QED) is 0.560. The Balaban J connectivity index is 3.68. The van der Waals surface area contributed by atoms with Gasteiger partial charge in [0.15, 0.2) is 0 Å². The van der Waals surface area contributed by atoms with Crippen molar-refractivity contribution in [2.75, 3.05) is 0 Å². The highest BCUT2D eigenvalue weighted by Gasteiger charge is 2.37. The second kappa shape index (κ2) is 5.44. The maximum Gasteiger partial charge on any atom is 0.391 e. The van der Waals surface area contributed by atoms with Gasteiger partial charge in [-0.1, -0.05) is 33.1 Å². The SMILES string of the molecule is CCCCCC(CC)C(F)(F)F. The second-order valence-corrected chi connectivity index (χ2v) is 3.14. The zero-order valence-electron chi connectivity index (χ0n) is 7.75. The molecule has 3 heteroatoms. The first-order chi connectivity index (χ1) is 5.52. The van der Waals surface area contributed by atoms with Crippen molar-refractivity contribution in [1.29, 1.82) is 0 Å². The van der Waals surface area contributed by atoms with Crippen molar-refractivity contribution in [3.63, 3.8) is 0 Å². The van der Waals surface area contributed by atoms with Crippen LogP contribution in [0.15, 0.2) is 0 Å². The van der Waals surface area contributed by atoms with E-state index in [0.29, 0.717) is 12.8 Å². The predicted octanol–water partition coefficient (Wildman–Crippen LogP) is 4.16. The average Bonchev–Trinajstić information content (AvgIpc) is 1.95. The number of alkyl halides is 3. The van der Waals surface area contributed by atoms with E-state index >= 15 is 0 Å². The molecule has 0 aliphatic carbocycles. The van der Waals surface area contributed by atoms with Crippen LogP contribution in [-0.4, -0.2) is 6.18 Å². The summed E-state index contributed by atoms with van der Waals surface area (Å²) in [5.41, 5.74) is 0. The van der Waals surface area contributed by atoms with Gasteiger partial charge in [-0.15, -0.1) is 0 Å². The van der Waals surface area contributed by atoms with E-state index in [9.17, 15) is 13.2 Å². The van der Waals surface area contributed by atoms with Crippen molar-refractivity contribution in [1.82, 2.24) is 0 Å². The standard InChI is InChI=1S/C9H17F3/c1-3-5-6-7-8(4-2)9(10,11)12/h8H,3-7H2,1-2H3. The average molecular weight is 182 g/mol. The molecule has 0 aliphatic rings. The van der Waals surface area contributed by atoms with Gasteiger partial charge < -0.3 is 0 Å². The maximum atomic E-state index is 12.1. The molecule has 0 N–H and O–H groups in total. The smallest absolute Gasteiger partial charge is 0.171 e. The Hall–Kier alpha value is -0.210. The Kier molecular flexibility index (Phi) is 5.34. The fourth-order valence-corrected chi connectivity index (χ4v) is 1.24. The summed E-state index contributed by atoms with van der Waals surface area (Å²) < 4.78 is 36.4. The monoisotopic (exact) mass is 182 g/mol. The first-order valence-corrected chi connectivity index (χ1v) is 4.59. The molecular formula is C9H17F3. The number of halogens is 3. The first kappa shape index (κ1) is 11.8. The lowest BCUT2D eigenvalue weighted by atomic mass is 9.98. The van der Waals surface area contributed by atoms with Crippen LogP contribution in [0.25, 0.3) is 0 Å². The van der Waals surface area contributed by atoms with Crippen LogP contribution in [-0.2, 0) is 0 Å². The molecule has 0 aliphatic heterocycles. The molecule has 0 rings (SSSR count). The number of hydrogen-bond donors (Lipinski definition) is 0. The van der Waals surface area contributed by atoms with Crippen LogP contribution in [0.1, 0.15) is 46.0 Å². The van der Waals surface area contributed by atoms with Crippen LogP contribution in [0.2, 0.25) is 0 Å². The fourth-order valence-electron chi connectivity index (χ4n) is 1.24. The third-order valence-corrected chi connectivity index (χ3v) is 2.11. The molecule has 12 heavy (non-hydrogen) atoms. The van der Waals surface area contributed by atoms with E-state index in [0.717, 1.165) is 12.8 Å². The summed E-state index contributed by atoms with van der Waals surface area (Å²) >= 11 is 0. The minimum atomic E-state index is -3.98. The summed E-state index contributed by atoms with van der Waals surface area (Å²) in [6, 6.07) is 0. The molecule has 0 amide bonds. The normalized spacial score (nSPS) is 14.8. The number of rotatable bonds is 5. The van der Waals surface area contributed by atoms with Crippen LogP contribution in [0.5, 0.6) is 0 Å². The molecule has 0 nitrogen and oxygen atoms in total. The van der Waals surface area contributed by atoms with Gasteiger partial charge in [-0.2, -0.15) is 13.2 Å². The van der Waals surface area contributed by atoms with Gasteiger partial charge in [0.05, 0.1) is 5.92 Å². The summed E-state index contributed by atoms with van der Waals surface area (Å²) in [4.78, 5) is 0.